The number of hydrogen-bond donors (Lipinski definition) is 1. The van der Waals surface area contributed by atoms with Gasteiger partial charge in [0.1, 0.15) is 5.82 Å². The van der Waals surface area contributed by atoms with Gasteiger partial charge in [-0.3, -0.25) is 0 Å². The molecule has 0 aromatic heterocycles. The van der Waals surface area contributed by atoms with Gasteiger partial charge in [-0.1, -0.05) is 35.4 Å². The molecule has 0 heterocycles. The van der Waals surface area contributed by atoms with E-state index in [0.717, 1.165) is 5.69 Å². The van der Waals surface area contributed by atoms with Gasteiger partial charge in [0.2, 0.25) is 0 Å². The molecule has 0 spiro atoms. The summed E-state index contributed by atoms with van der Waals surface area (Å²) in [7, 11) is 0. The molecule has 0 aliphatic rings. The first-order valence-electron chi connectivity index (χ1n) is 5.40. The van der Waals surface area contributed by atoms with Crippen molar-refractivity contribution >= 4 is 17.3 Å². The summed E-state index contributed by atoms with van der Waals surface area (Å²) in [5, 5.41) is 3.59. The van der Waals surface area contributed by atoms with E-state index in [0.29, 0.717) is 17.1 Å². The molecule has 1 N–H and O–H groups in total. The highest BCUT2D eigenvalue weighted by Gasteiger charge is 2.05. The Balaban J connectivity index is 2.10. The van der Waals surface area contributed by atoms with E-state index in [-0.39, 0.29) is 5.82 Å². The van der Waals surface area contributed by atoms with Crippen LogP contribution in [-0.2, 0) is 6.54 Å². The van der Waals surface area contributed by atoms with Crippen LogP contribution in [0.5, 0.6) is 0 Å². The fourth-order valence-corrected chi connectivity index (χ4v) is 1.79. The van der Waals surface area contributed by atoms with Gasteiger partial charge in [-0.2, -0.15) is 0 Å². The molecule has 3 heteroatoms. The summed E-state index contributed by atoms with van der Waals surface area (Å²) in [5.74, 6) is -0.280. The molecule has 0 radical (unpaired) electrons. The third-order valence-corrected chi connectivity index (χ3v) is 2.94. The third kappa shape index (κ3) is 2.98. The molecular formula is C14H13ClFN. The van der Waals surface area contributed by atoms with Crippen LogP contribution >= 0.6 is 11.6 Å². The van der Waals surface area contributed by atoms with Crippen molar-refractivity contribution in [3.05, 3.63) is 64.4 Å². The van der Waals surface area contributed by atoms with Crippen LogP contribution in [0, 0.1) is 12.7 Å². The fourth-order valence-electron chi connectivity index (χ4n) is 1.56. The molecule has 88 valence electrons. The first-order chi connectivity index (χ1) is 8.16. The van der Waals surface area contributed by atoms with E-state index >= 15 is 0 Å². The third-order valence-electron chi connectivity index (χ3n) is 2.58. The van der Waals surface area contributed by atoms with Crippen molar-refractivity contribution in [1.29, 1.82) is 0 Å². The summed E-state index contributed by atoms with van der Waals surface area (Å²) in [5.41, 5.74) is 2.64. The molecule has 0 atom stereocenters. The molecule has 2 rings (SSSR count). The zero-order valence-corrected chi connectivity index (χ0v) is 10.3. The number of benzene rings is 2. The second kappa shape index (κ2) is 5.19. The molecule has 0 aliphatic heterocycles. The molecular weight excluding hydrogens is 237 g/mol. The lowest BCUT2D eigenvalue weighted by molar-refractivity contribution is 0.613. The molecule has 0 fully saturated rings. The Kier molecular flexibility index (Phi) is 3.64. The quantitative estimate of drug-likeness (QED) is 0.850. The summed E-state index contributed by atoms with van der Waals surface area (Å²) >= 11 is 5.94. The monoisotopic (exact) mass is 249 g/mol. The maximum atomic E-state index is 13.5. The topological polar surface area (TPSA) is 12.0 Å². The molecule has 0 aliphatic carbocycles. The Bertz CT molecular complexity index is 488. The smallest absolute Gasteiger partial charge is 0.129 e. The zero-order valence-electron chi connectivity index (χ0n) is 9.50. The number of hydrogen-bond acceptors (Lipinski definition) is 1. The first-order valence-corrected chi connectivity index (χ1v) is 5.78. The van der Waals surface area contributed by atoms with Crippen molar-refractivity contribution in [2.45, 2.75) is 13.5 Å². The number of rotatable bonds is 3. The van der Waals surface area contributed by atoms with E-state index in [4.69, 9.17) is 11.6 Å². The Labute approximate surface area is 105 Å². The zero-order chi connectivity index (χ0) is 12.3. The summed E-state index contributed by atoms with van der Waals surface area (Å²) in [6.07, 6.45) is 0. The summed E-state index contributed by atoms with van der Waals surface area (Å²) in [4.78, 5) is 0. The van der Waals surface area contributed by atoms with Crippen LogP contribution in [0.15, 0.2) is 42.5 Å². The van der Waals surface area contributed by atoms with Gasteiger partial charge in [-0.05, 0) is 31.2 Å². The number of nitrogens with one attached hydrogen (secondary N) is 1. The van der Waals surface area contributed by atoms with Crippen molar-refractivity contribution in [2.75, 3.05) is 5.32 Å². The average molecular weight is 250 g/mol. The molecule has 2 aromatic carbocycles. The van der Waals surface area contributed by atoms with Gasteiger partial charge >= 0.3 is 0 Å². The predicted octanol–water partition coefficient (Wildman–Crippen LogP) is 4.40. The van der Waals surface area contributed by atoms with Gasteiger partial charge in [0.05, 0.1) is 0 Å². The lowest BCUT2D eigenvalue weighted by Gasteiger charge is -2.09. The summed E-state index contributed by atoms with van der Waals surface area (Å²) in [6, 6.07) is 12.6. The molecule has 0 unspecified atom stereocenters. The lowest BCUT2D eigenvalue weighted by Crippen LogP contribution is -2.02. The van der Waals surface area contributed by atoms with Gasteiger partial charge in [0.15, 0.2) is 0 Å². The van der Waals surface area contributed by atoms with Gasteiger partial charge in [-0.15, -0.1) is 0 Å². The van der Waals surface area contributed by atoms with Crippen LogP contribution in [-0.4, -0.2) is 0 Å². The van der Waals surface area contributed by atoms with Gasteiger partial charge in [-0.25, -0.2) is 4.39 Å². The fraction of sp³-hybridized carbons (Fsp3) is 0.143. The number of halogens is 2. The standard InChI is InChI=1S/C14H13ClFN/c1-10-5-7-11(8-6-10)17-9-12-13(15)3-2-4-14(12)16/h2-8,17H,9H2,1H3. The van der Waals surface area contributed by atoms with Crippen LogP contribution in [0.4, 0.5) is 10.1 Å². The minimum atomic E-state index is -0.280. The maximum Gasteiger partial charge on any atom is 0.129 e. The normalized spacial score (nSPS) is 10.3. The summed E-state index contributed by atoms with van der Waals surface area (Å²) in [6.45, 7) is 2.41. The SMILES string of the molecule is Cc1ccc(NCc2c(F)cccc2Cl)cc1. The highest BCUT2D eigenvalue weighted by Crippen LogP contribution is 2.20. The molecule has 17 heavy (non-hydrogen) atoms. The first kappa shape index (κ1) is 11.9. The molecule has 0 amide bonds. The van der Waals surface area contributed by atoms with E-state index < -0.39 is 0 Å². The van der Waals surface area contributed by atoms with Gasteiger partial charge in [0.25, 0.3) is 0 Å². The minimum absolute atomic E-state index is 0.280. The highest BCUT2D eigenvalue weighted by atomic mass is 35.5. The molecule has 1 nitrogen and oxygen atoms in total. The largest absolute Gasteiger partial charge is 0.381 e. The maximum absolute atomic E-state index is 13.5. The Hall–Kier alpha value is -1.54. The van der Waals surface area contributed by atoms with Crippen molar-refractivity contribution in [3.63, 3.8) is 0 Å². The van der Waals surface area contributed by atoms with E-state index in [2.05, 4.69) is 5.32 Å². The highest BCUT2D eigenvalue weighted by molar-refractivity contribution is 6.31. The molecule has 0 bridgehead atoms. The van der Waals surface area contributed by atoms with Crippen LogP contribution in [0.1, 0.15) is 11.1 Å². The lowest BCUT2D eigenvalue weighted by atomic mass is 10.2. The molecule has 2 aromatic rings. The number of anilines is 1. The Morgan fingerprint density at radius 2 is 1.82 bits per heavy atom. The Morgan fingerprint density at radius 1 is 1.12 bits per heavy atom. The van der Waals surface area contributed by atoms with Gasteiger partial charge in [0, 0.05) is 22.8 Å². The van der Waals surface area contributed by atoms with Gasteiger partial charge < -0.3 is 5.32 Å². The van der Waals surface area contributed by atoms with Crippen LogP contribution < -0.4 is 5.32 Å². The van der Waals surface area contributed by atoms with Crippen molar-refractivity contribution < 1.29 is 4.39 Å². The second-order valence-corrected chi connectivity index (χ2v) is 4.33. The predicted molar refractivity (Wildman–Crippen MR) is 69.9 cm³/mol. The summed E-state index contributed by atoms with van der Waals surface area (Å²) < 4.78 is 13.5. The average Bonchev–Trinajstić information content (AvgIpc) is 2.31. The Morgan fingerprint density at radius 3 is 2.47 bits per heavy atom. The van der Waals surface area contributed by atoms with Crippen LogP contribution in [0.25, 0.3) is 0 Å². The molecule has 0 saturated carbocycles. The second-order valence-electron chi connectivity index (χ2n) is 3.92. The van der Waals surface area contributed by atoms with E-state index in [9.17, 15) is 4.39 Å². The van der Waals surface area contributed by atoms with Crippen molar-refractivity contribution in [3.8, 4) is 0 Å². The van der Waals surface area contributed by atoms with E-state index in [1.54, 1.807) is 12.1 Å². The van der Waals surface area contributed by atoms with E-state index in [1.807, 2.05) is 31.2 Å². The van der Waals surface area contributed by atoms with Crippen molar-refractivity contribution in [2.24, 2.45) is 0 Å². The van der Waals surface area contributed by atoms with Crippen molar-refractivity contribution in [1.82, 2.24) is 0 Å². The number of aryl methyl sites for hydroxylation is 1. The molecule has 0 saturated heterocycles. The minimum Gasteiger partial charge on any atom is -0.381 e. The van der Waals surface area contributed by atoms with Crippen LogP contribution in [0.3, 0.4) is 0 Å². The van der Waals surface area contributed by atoms with Crippen LogP contribution in [0.2, 0.25) is 5.02 Å². The van der Waals surface area contributed by atoms with E-state index in [1.165, 1.54) is 11.6 Å².